The molecule has 0 saturated heterocycles. The summed E-state index contributed by atoms with van der Waals surface area (Å²) in [6.45, 7) is 0.496. The van der Waals surface area contributed by atoms with E-state index in [9.17, 15) is 9.90 Å². The largest absolute Gasteiger partial charge is 0.489 e. The van der Waals surface area contributed by atoms with Gasteiger partial charge in [-0.05, 0) is 41.6 Å². The van der Waals surface area contributed by atoms with Gasteiger partial charge in [-0.2, -0.15) is 0 Å². The highest BCUT2D eigenvalue weighted by atomic mass is 32.2. The zero-order valence-corrected chi connectivity index (χ0v) is 19.5. The number of aromatic nitrogens is 2. The summed E-state index contributed by atoms with van der Waals surface area (Å²) in [5.74, 6) is 0.301. The lowest BCUT2D eigenvalue weighted by atomic mass is 10.1. The minimum absolute atomic E-state index is 0.345. The van der Waals surface area contributed by atoms with Crippen LogP contribution in [-0.2, 0) is 17.8 Å². The minimum Gasteiger partial charge on any atom is -0.489 e. The molecule has 4 aromatic rings. The first-order chi connectivity index (χ1) is 16.6. The molecule has 2 N–H and O–H groups in total. The summed E-state index contributed by atoms with van der Waals surface area (Å²) in [7, 11) is 0. The lowest BCUT2D eigenvalue weighted by molar-refractivity contribution is -0.137. The molecular formula is C27H25N3O3S. The normalized spacial score (nSPS) is 11.6. The molecule has 0 aliphatic rings. The Morgan fingerprint density at radius 2 is 1.59 bits per heavy atom. The van der Waals surface area contributed by atoms with Gasteiger partial charge in [0, 0.05) is 18.1 Å². The maximum absolute atomic E-state index is 11.9. The molecule has 7 heteroatoms. The number of nitrogens with one attached hydrogen (secondary N) is 1. The van der Waals surface area contributed by atoms with Crippen molar-refractivity contribution < 1.29 is 14.6 Å². The molecule has 6 nitrogen and oxygen atoms in total. The average molecular weight is 472 g/mol. The van der Waals surface area contributed by atoms with E-state index in [1.807, 2.05) is 91.2 Å². The van der Waals surface area contributed by atoms with Crippen LogP contribution in [0.2, 0.25) is 0 Å². The third-order valence-corrected chi connectivity index (χ3v) is 5.74. The van der Waals surface area contributed by atoms with Gasteiger partial charge in [0.2, 0.25) is 0 Å². The van der Waals surface area contributed by atoms with Crippen molar-refractivity contribution in [1.82, 2.24) is 9.97 Å². The standard InChI is InChI=1S/C27H25N3O3S/c1-34-27-29-23(21-12-14-22(15-13-21)33-18-20-10-6-3-7-11-20)17-25(30-27)28-24(26(31)32)16-19-8-4-2-5-9-19/h2-15,17,24H,16,18H2,1H3,(H,31,32)(H,28,29,30). The number of hydrogen-bond donors (Lipinski definition) is 2. The van der Waals surface area contributed by atoms with Crippen molar-refractivity contribution in [3.8, 4) is 17.0 Å². The second kappa shape index (κ2) is 11.3. The van der Waals surface area contributed by atoms with Crippen molar-refractivity contribution in [2.24, 2.45) is 0 Å². The second-order valence-electron chi connectivity index (χ2n) is 7.65. The van der Waals surface area contributed by atoms with E-state index in [-0.39, 0.29) is 0 Å². The van der Waals surface area contributed by atoms with Crippen LogP contribution in [0.1, 0.15) is 11.1 Å². The van der Waals surface area contributed by atoms with Crippen molar-refractivity contribution in [1.29, 1.82) is 0 Å². The molecule has 0 fully saturated rings. The molecule has 0 radical (unpaired) electrons. The Hall–Kier alpha value is -3.84. The van der Waals surface area contributed by atoms with Crippen molar-refractivity contribution in [2.75, 3.05) is 11.6 Å². The highest BCUT2D eigenvalue weighted by molar-refractivity contribution is 7.98. The number of carboxylic acid groups (broad SMARTS) is 1. The first-order valence-corrected chi connectivity index (χ1v) is 12.1. The molecule has 34 heavy (non-hydrogen) atoms. The van der Waals surface area contributed by atoms with Crippen LogP contribution in [0.3, 0.4) is 0 Å². The lowest BCUT2D eigenvalue weighted by Crippen LogP contribution is -2.32. The molecule has 0 spiro atoms. The summed E-state index contributed by atoms with van der Waals surface area (Å²) in [5, 5.41) is 13.4. The van der Waals surface area contributed by atoms with Gasteiger partial charge in [-0.1, -0.05) is 72.4 Å². The maximum Gasteiger partial charge on any atom is 0.326 e. The number of anilines is 1. The fourth-order valence-corrected chi connectivity index (χ4v) is 3.81. The minimum atomic E-state index is -0.936. The van der Waals surface area contributed by atoms with Gasteiger partial charge in [0.1, 0.15) is 24.2 Å². The van der Waals surface area contributed by atoms with Crippen LogP contribution in [0.4, 0.5) is 5.82 Å². The van der Waals surface area contributed by atoms with Gasteiger partial charge < -0.3 is 15.2 Å². The first-order valence-electron chi connectivity index (χ1n) is 10.8. The molecule has 172 valence electrons. The van der Waals surface area contributed by atoms with E-state index in [1.54, 1.807) is 6.07 Å². The van der Waals surface area contributed by atoms with E-state index in [2.05, 4.69) is 15.3 Å². The molecule has 1 heterocycles. The van der Waals surface area contributed by atoms with Crippen LogP contribution in [0.5, 0.6) is 5.75 Å². The first kappa shape index (κ1) is 23.3. The lowest BCUT2D eigenvalue weighted by Gasteiger charge is -2.16. The molecule has 1 unspecified atom stereocenters. The second-order valence-corrected chi connectivity index (χ2v) is 8.42. The van der Waals surface area contributed by atoms with Gasteiger partial charge >= 0.3 is 5.97 Å². The topological polar surface area (TPSA) is 84.3 Å². The van der Waals surface area contributed by atoms with Gasteiger partial charge in [-0.3, -0.25) is 0 Å². The van der Waals surface area contributed by atoms with Crippen molar-refractivity contribution >= 4 is 23.5 Å². The van der Waals surface area contributed by atoms with E-state index >= 15 is 0 Å². The highest BCUT2D eigenvalue weighted by Crippen LogP contribution is 2.26. The Kier molecular flexibility index (Phi) is 7.78. The molecule has 0 amide bonds. The Balaban J connectivity index is 1.50. The number of nitrogens with zero attached hydrogens (tertiary/aromatic N) is 2. The number of carbonyl (C=O) groups is 1. The van der Waals surface area contributed by atoms with Crippen LogP contribution in [0.25, 0.3) is 11.3 Å². The third kappa shape index (κ3) is 6.36. The highest BCUT2D eigenvalue weighted by Gasteiger charge is 2.19. The Bertz CT molecular complexity index is 1220. The Morgan fingerprint density at radius 3 is 2.21 bits per heavy atom. The molecule has 4 rings (SSSR count). The van der Waals surface area contributed by atoms with Gasteiger partial charge in [0.05, 0.1) is 5.69 Å². The Morgan fingerprint density at radius 1 is 0.941 bits per heavy atom. The number of rotatable bonds is 10. The van der Waals surface area contributed by atoms with Crippen molar-refractivity contribution in [2.45, 2.75) is 24.2 Å². The molecule has 0 aliphatic heterocycles. The fraction of sp³-hybridized carbons (Fsp3) is 0.148. The SMILES string of the molecule is CSc1nc(NC(Cc2ccccc2)C(=O)O)cc(-c2ccc(OCc3ccccc3)cc2)n1. The van der Waals surface area contributed by atoms with Crippen LogP contribution >= 0.6 is 11.8 Å². The zero-order chi connectivity index (χ0) is 23.8. The van der Waals surface area contributed by atoms with E-state index in [4.69, 9.17) is 4.74 Å². The van der Waals surface area contributed by atoms with Gasteiger partial charge in [-0.15, -0.1) is 0 Å². The summed E-state index contributed by atoms with van der Waals surface area (Å²) < 4.78 is 5.87. The van der Waals surface area contributed by atoms with E-state index in [1.165, 1.54) is 11.8 Å². The van der Waals surface area contributed by atoms with Crippen molar-refractivity contribution in [3.63, 3.8) is 0 Å². The zero-order valence-electron chi connectivity index (χ0n) is 18.7. The van der Waals surface area contributed by atoms with Gasteiger partial charge in [0.15, 0.2) is 5.16 Å². The average Bonchev–Trinajstić information content (AvgIpc) is 2.88. The molecular weight excluding hydrogens is 446 g/mol. The number of carboxylic acids is 1. The van der Waals surface area contributed by atoms with E-state index in [0.717, 1.165) is 22.4 Å². The summed E-state index contributed by atoms with van der Waals surface area (Å²) >= 11 is 1.41. The van der Waals surface area contributed by atoms with Crippen LogP contribution < -0.4 is 10.1 Å². The van der Waals surface area contributed by atoms with Crippen LogP contribution in [0, 0.1) is 0 Å². The monoisotopic (exact) mass is 471 g/mol. The maximum atomic E-state index is 11.9. The summed E-state index contributed by atoms with van der Waals surface area (Å²) in [6, 6.07) is 28.2. The molecule has 1 aromatic heterocycles. The molecule has 3 aromatic carbocycles. The third-order valence-electron chi connectivity index (χ3n) is 5.19. The fourth-order valence-electron chi connectivity index (χ4n) is 3.43. The van der Waals surface area contributed by atoms with E-state index in [0.29, 0.717) is 29.7 Å². The number of hydrogen-bond acceptors (Lipinski definition) is 6. The summed E-state index contributed by atoms with van der Waals surface area (Å²) in [5.41, 5.74) is 3.64. The Labute approximate surface area is 203 Å². The molecule has 0 aliphatic carbocycles. The summed E-state index contributed by atoms with van der Waals surface area (Å²) in [4.78, 5) is 21.0. The van der Waals surface area contributed by atoms with Gasteiger partial charge in [-0.25, -0.2) is 14.8 Å². The number of benzene rings is 3. The van der Waals surface area contributed by atoms with Crippen LogP contribution in [-0.4, -0.2) is 33.3 Å². The number of ether oxygens (including phenoxy) is 1. The number of thioether (sulfide) groups is 1. The molecule has 1 atom stereocenters. The molecule has 0 saturated carbocycles. The predicted molar refractivity (Wildman–Crippen MR) is 135 cm³/mol. The quantitative estimate of drug-likeness (QED) is 0.232. The number of aliphatic carboxylic acids is 1. The van der Waals surface area contributed by atoms with Gasteiger partial charge in [0.25, 0.3) is 0 Å². The summed E-state index contributed by atoms with van der Waals surface area (Å²) in [6.07, 6.45) is 2.24. The predicted octanol–water partition coefficient (Wildman–Crippen LogP) is 5.55. The molecule has 0 bridgehead atoms. The smallest absolute Gasteiger partial charge is 0.326 e. The van der Waals surface area contributed by atoms with E-state index < -0.39 is 12.0 Å². The van der Waals surface area contributed by atoms with Crippen molar-refractivity contribution in [3.05, 3.63) is 102 Å². The van der Waals surface area contributed by atoms with Crippen LogP contribution in [0.15, 0.2) is 96.2 Å².